The van der Waals surface area contributed by atoms with Crippen LogP contribution in [0, 0.1) is 5.82 Å². The standard InChI is InChI=1S/C19H23BrFN3O2.HI/c1-22-19(23-9-8-14-6-4-5-7-16(14)21)24-12-13-10-15(20)18(26-3)17(11-13)25-2;/h4-7,10-11H,8-9,12H2,1-3H3,(H2,22,23,24);1H. The van der Waals surface area contributed by atoms with Crippen LogP contribution in [0.1, 0.15) is 11.1 Å². The van der Waals surface area contributed by atoms with Crippen LogP contribution in [-0.2, 0) is 13.0 Å². The molecule has 0 heterocycles. The molecule has 0 spiro atoms. The van der Waals surface area contributed by atoms with Crippen molar-refractivity contribution in [1.82, 2.24) is 10.6 Å². The molecule has 0 aliphatic carbocycles. The quantitative estimate of drug-likeness (QED) is 0.309. The normalized spacial score (nSPS) is 10.8. The molecule has 0 saturated carbocycles. The van der Waals surface area contributed by atoms with Crippen molar-refractivity contribution < 1.29 is 13.9 Å². The maximum atomic E-state index is 13.6. The van der Waals surface area contributed by atoms with Crippen LogP contribution >= 0.6 is 39.9 Å². The number of halogens is 3. The molecule has 0 aromatic heterocycles. The Balaban J connectivity index is 0.00000364. The average molecular weight is 552 g/mol. The second kappa shape index (κ2) is 12.0. The second-order valence-corrected chi connectivity index (χ2v) is 6.36. The van der Waals surface area contributed by atoms with Crippen LogP contribution in [0.3, 0.4) is 0 Å². The predicted octanol–water partition coefficient (Wildman–Crippen LogP) is 4.13. The lowest BCUT2D eigenvalue weighted by molar-refractivity contribution is 0.352. The summed E-state index contributed by atoms with van der Waals surface area (Å²) >= 11 is 3.48. The molecule has 8 heteroatoms. The minimum absolute atomic E-state index is 0. The van der Waals surface area contributed by atoms with E-state index in [0.29, 0.717) is 42.5 Å². The average Bonchev–Trinajstić information content (AvgIpc) is 2.65. The highest BCUT2D eigenvalue weighted by atomic mass is 127. The predicted molar refractivity (Wildman–Crippen MR) is 121 cm³/mol. The zero-order valence-corrected chi connectivity index (χ0v) is 19.4. The van der Waals surface area contributed by atoms with E-state index in [1.807, 2.05) is 18.2 Å². The minimum Gasteiger partial charge on any atom is -0.493 e. The number of nitrogens with one attached hydrogen (secondary N) is 2. The number of aliphatic imine (C=N–C) groups is 1. The van der Waals surface area contributed by atoms with Crippen molar-refractivity contribution in [3.8, 4) is 11.5 Å². The first-order valence-corrected chi connectivity index (χ1v) is 8.96. The molecule has 2 rings (SSSR count). The van der Waals surface area contributed by atoms with Crippen molar-refractivity contribution in [2.24, 2.45) is 4.99 Å². The van der Waals surface area contributed by atoms with Gasteiger partial charge in [-0.2, -0.15) is 0 Å². The molecule has 0 fully saturated rings. The first kappa shape index (κ1) is 23.5. The highest BCUT2D eigenvalue weighted by Gasteiger charge is 2.11. The lowest BCUT2D eigenvalue weighted by Gasteiger charge is -2.15. The SMILES string of the molecule is CN=C(NCCc1ccccc1F)NCc1cc(Br)c(OC)c(OC)c1.I. The summed E-state index contributed by atoms with van der Waals surface area (Å²) < 4.78 is 25.1. The van der Waals surface area contributed by atoms with Crippen LogP contribution < -0.4 is 20.1 Å². The number of rotatable bonds is 7. The molecule has 0 saturated heterocycles. The third-order valence-electron chi connectivity index (χ3n) is 3.82. The lowest BCUT2D eigenvalue weighted by atomic mass is 10.1. The van der Waals surface area contributed by atoms with Gasteiger partial charge in [-0.3, -0.25) is 4.99 Å². The molecule has 0 amide bonds. The monoisotopic (exact) mass is 551 g/mol. The highest BCUT2D eigenvalue weighted by molar-refractivity contribution is 14.0. The van der Waals surface area contributed by atoms with Gasteiger partial charge in [0.2, 0.25) is 0 Å². The highest BCUT2D eigenvalue weighted by Crippen LogP contribution is 2.36. The van der Waals surface area contributed by atoms with Crippen LogP contribution in [0.15, 0.2) is 45.9 Å². The molecule has 0 atom stereocenters. The number of hydrogen-bond donors (Lipinski definition) is 2. The van der Waals surface area contributed by atoms with Gasteiger partial charge in [-0.25, -0.2) is 4.39 Å². The number of methoxy groups -OCH3 is 2. The molecular formula is C19H24BrFIN3O2. The van der Waals surface area contributed by atoms with E-state index in [1.165, 1.54) is 6.07 Å². The second-order valence-electron chi connectivity index (χ2n) is 5.51. The summed E-state index contributed by atoms with van der Waals surface area (Å²) in [5, 5.41) is 6.42. The van der Waals surface area contributed by atoms with Crippen molar-refractivity contribution in [1.29, 1.82) is 0 Å². The molecule has 0 aliphatic heterocycles. The molecule has 2 N–H and O–H groups in total. The van der Waals surface area contributed by atoms with E-state index in [9.17, 15) is 4.39 Å². The van der Waals surface area contributed by atoms with Gasteiger partial charge in [0.25, 0.3) is 0 Å². The molecule has 0 unspecified atom stereocenters. The van der Waals surface area contributed by atoms with Crippen LogP contribution in [0.25, 0.3) is 0 Å². The van der Waals surface area contributed by atoms with E-state index in [4.69, 9.17) is 9.47 Å². The van der Waals surface area contributed by atoms with Gasteiger partial charge in [0.15, 0.2) is 17.5 Å². The van der Waals surface area contributed by atoms with Gasteiger partial charge in [-0.1, -0.05) is 18.2 Å². The van der Waals surface area contributed by atoms with Gasteiger partial charge in [-0.05, 0) is 51.7 Å². The molecule has 148 valence electrons. The Morgan fingerprint density at radius 2 is 1.89 bits per heavy atom. The molecule has 0 bridgehead atoms. The maximum absolute atomic E-state index is 13.6. The molecule has 0 radical (unpaired) electrons. The Kier molecular flexibility index (Phi) is 10.5. The van der Waals surface area contributed by atoms with Crippen molar-refractivity contribution in [3.05, 3.63) is 57.8 Å². The Morgan fingerprint density at radius 1 is 1.15 bits per heavy atom. The Labute approximate surface area is 184 Å². The maximum Gasteiger partial charge on any atom is 0.191 e. The summed E-state index contributed by atoms with van der Waals surface area (Å²) in [6.07, 6.45) is 0.579. The van der Waals surface area contributed by atoms with E-state index < -0.39 is 0 Å². The van der Waals surface area contributed by atoms with E-state index in [2.05, 4.69) is 31.6 Å². The van der Waals surface area contributed by atoms with Gasteiger partial charge < -0.3 is 20.1 Å². The largest absolute Gasteiger partial charge is 0.493 e. The Hall–Kier alpha value is -1.55. The Morgan fingerprint density at radius 3 is 2.52 bits per heavy atom. The molecular weight excluding hydrogens is 528 g/mol. The van der Waals surface area contributed by atoms with Crippen molar-refractivity contribution in [3.63, 3.8) is 0 Å². The number of ether oxygens (including phenoxy) is 2. The fourth-order valence-electron chi connectivity index (χ4n) is 2.50. The van der Waals surface area contributed by atoms with Gasteiger partial charge >= 0.3 is 0 Å². The summed E-state index contributed by atoms with van der Waals surface area (Å²) in [4.78, 5) is 4.19. The zero-order chi connectivity index (χ0) is 18.9. The van der Waals surface area contributed by atoms with Gasteiger partial charge in [0, 0.05) is 20.1 Å². The summed E-state index contributed by atoms with van der Waals surface area (Å²) in [5.41, 5.74) is 1.69. The first-order chi connectivity index (χ1) is 12.6. The lowest BCUT2D eigenvalue weighted by Crippen LogP contribution is -2.37. The van der Waals surface area contributed by atoms with Crippen molar-refractivity contribution >= 4 is 45.9 Å². The van der Waals surface area contributed by atoms with Gasteiger partial charge in [0.1, 0.15) is 5.82 Å². The smallest absolute Gasteiger partial charge is 0.191 e. The van der Waals surface area contributed by atoms with E-state index >= 15 is 0 Å². The van der Waals surface area contributed by atoms with Crippen molar-refractivity contribution in [2.45, 2.75) is 13.0 Å². The topological polar surface area (TPSA) is 54.9 Å². The number of guanidine groups is 1. The fraction of sp³-hybridized carbons (Fsp3) is 0.316. The van der Waals surface area contributed by atoms with Crippen molar-refractivity contribution in [2.75, 3.05) is 27.8 Å². The number of nitrogens with zero attached hydrogens (tertiary/aromatic N) is 1. The zero-order valence-electron chi connectivity index (χ0n) is 15.5. The van der Waals surface area contributed by atoms with E-state index in [0.717, 1.165) is 10.0 Å². The minimum atomic E-state index is -0.188. The molecule has 2 aromatic rings. The number of hydrogen-bond acceptors (Lipinski definition) is 3. The summed E-state index contributed by atoms with van der Waals surface area (Å²) in [6, 6.07) is 10.6. The summed E-state index contributed by atoms with van der Waals surface area (Å²) in [5.74, 6) is 1.77. The molecule has 5 nitrogen and oxygen atoms in total. The van der Waals surface area contributed by atoms with Crippen LogP contribution in [-0.4, -0.2) is 33.8 Å². The molecule has 0 aliphatic rings. The van der Waals surface area contributed by atoms with Crippen LogP contribution in [0.5, 0.6) is 11.5 Å². The van der Waals surface area contributed by atoms with E-state index in [1.54, 1.807) is 33.4 Å². The molecule has 27 heavy (non-hydrogen) atoms. The van der Waals surface area contributed by atoms with Crippen LogP contribution in [0.4, 0.5) is 4.39 Å². The summed E-state index contributed by atoms with van der Waals surface area (Å²) in [7, 11) is 4.90. The fourth-order valence-corrected chi connectivity index (χ4v) is 3.15. The molecule has 2 aromatic carbocycles. The Bertz CT molecular complexity index is 775. The third kappa shape index (κ3) is 6.84. The van der Waals surface area contributed by atoms with Crippen LogP contribution in [0.2, 0.25) is 0 Å². The number of benzene rings is 2. The first-order valence-electron chi connectivity index (χ1n) is 8.17. The van der Waals surface area contributed by atoms with Gasteiger partial charge in [0.05, 0.1) is 18.7 Å². The summed E-state index contributed by atoms with van der Waals surface area (Å²) in [6.45, 7) is 1.13. The third-order valence-corrected chi connectivity index (χ3v) is 4.41. The van der Waals surface area contributed by atoms with E-state index in [-0.39, 0.29) is 29.8 Å². The van der Waals surface area contributed by atoms with Gasteiger partial charge in [-0.15, -0.1) is 24.0 Å².